The lowest BCUT2D eigenvalue weighted by Gasteiger charge is -2.24. The van der Waals surface area contributed by atoms with Crippen molar-refractivity contribution >= 4 is 17.8 Å². The zero-order valence-corrected chi connectivity index (χ0v) is 15.4. The molecule has 27 heavy (non-hydrogen) atoms. The standard InChI is InChI=1S/C20H23N3O4/c1-3-23(4-2)15-10-9-14(16(24)11-15)12-21-22-20(25)19-13-26-17-7-5-6-8-18(17)27-19/h5-12,19,24H,3-4,13H2,1-2H3,(H,22,25)/b21-12-/t19-/m0/s1. The molecule has 1 aliphatic heterocycles. The molecule has 0 bridgehead atoms. The Labute approximate surface area is 158 Å². The number of hydrazone groups is 1. The fourth-order valence-corrected chi connectivity index (χ4v) is 2.81. The number of anilines is 1. The van der Waals surface area contributed by atoms with Gasteiger partial charge in [0.1, 0.15) is 12.4 Å². The summed E-state index contributed by atoms with van der Waals surface area (Å²) < 4.78 is 11.1. The van der Waals surface area contributed by atoms with Crippen LogP contribution in [0.15, 0.2) is 47.6 Å². The molecule has 2 N–H and O–H groups in total. The minimum atomic E-state index is -0.782. The summed E-state index contributed by atoms with van der Waals surface area (Å²) >= 11 is 0. The second kappa shape index (κ2) is 8.44. The molecule has 1 amide bonds. The first-order valence-electron chi connectivity index (χ1n) is 8.91. The van der Waals surface area contributed by atoms with Crippen LogP contribution in [0.5, 0.6) is 17.2 Å². The number of nitrogens with one attached hydrogen (secondary N) is 1. The number of carbonyl (C=O) groups is 1. The molecule has 0 saturated carbocycles. The summed E-state index contributed by atoms with van der Waals surface area (Å²) in [5.74, 6) is 0.823. The fraction of sp³-hybridized carbons (Fsp3) is 0.300. The molecule has 2 aromatic carbocycles. The third-order valence-corrected chi connectivity index (χ3v) is 4.32. The Hall–Kier alpha value is -3.22. The lowest BCUT2D eigenvalue weighted by Crippen LogP contribution is -2.42. The summed E-state index contributed by atoms with van der Waals surface area (Å²) in [7, 11) is 0. The number of carbonyl (C=O) groups excluding carboxylic acids is 1. The third kappa shape index (κ3) is 4.31. The van der Waals surface area contributed by atoms with Crippen LogP contribution in [-0.2, 0) is 4.79 Å². The van der Waals surface area contributed by atoms with Gasteiger partial charge in [-0.25, -0.2) is 5.43 Å². The number of hydrogen-bond donors (Lipinski definition) is 2. The predicted molar refractivity (Wildman–Crippen MR) is 104 cm³/mol. The zero-order chi connectivity index (χ0) is 19.2. The van der Waals surface area contributed by atoms with E-state index in [0.717, 1.165) is 18.8 Å². The summed E-state index contributed by atoms with van der Waals surface area (Å²) in [6.07, 6.45) is 0.618. The lowest BCUT2D eigenvalue weighted by molar-refractivity contribution is -0.130. The van der Waals surface area contributed by atoms with Crippen molar-refractivity contribution in [1.82, 2.24) is 5.43 Å². The Balaban J connectivity index is 1.60. The average Bonchev–Trinajstić information content (AvgIpc) is 2.70. The van der Waals surface area contributed by atoms with E-state index in [4.69, 9.17) is 9.47 Å². The third-order valence-electron chi connectivity index (χ3n) is 4.32. The van der Waals surface area contributed by atoms with Crippen LogP contribution in [0.1, 0.15) is 19.4 Å². The molecule has 142 valence electrons. The van der Waals surface area contributed by atoms with Gasteiger partial charge in [-0.2, -0.15) is 5.10 Å². The average molecular weight is 369 g/mol. The summed E-state index contributed by atoms with van der Waals surface area (Å²) in [4.78, 5) is 14.3. The monoisotopic (exact) mass is 369 g/mol. The van der Waals surface area contributed by atoms with E-state index in [-0.39, 0.29) is 12.4 Å². The molecule has 0 aliphatic carbocycles. The molecule has 1 aliphatic rings. The number of para-hydroxylation sites is 2. The Kier molecular flexibility index (Phi) is 5.80. The van der Waals surface area contributed by atoms with Gasteiger partial charge in [-0.1, -0.05) is 12.1 Å². The van der Waals surface area contributed by atoms with E-state index in [9.17, 15) is 9.90 Å². The second-order valence-corrected chi connectivity index (χ2v) is 6.01. The van der Waals surface area contributed by atoms with Crippen molar-refractivity contribution < 1.29 is 19.4 Å². The molecular formula is C20H23N3O4. The van der Waals surface area contributed by atoms with Crippen LogP contribution in [0.3, 0.4) is 0 Å². The highest BCUT2D eigenvalue weighted by Gasteiger charge is 2.27. The molecule has 7 nitrogen and oxygen atoms in total. The van der Waals surface area contributed by atoms with Crippen molar-refractivity contribution in [2.24, 2.45) is 5.10 Å². The maximum atomic E-state index is 12.2. The van der Waals surface area contributed by atoms with Gasteiger partial charge in [0.15, 0.2) is 11.5 Å². The molecule has 0 unspecified atom stereocenters. The fourth-order valence-electron chi connectivity index (χ4n) is 2.81. The Morgan fingerprint density at radius 3 is 2.70 bits per heavy atom. The minimum absolute atomic E-state index is 0.101. The number of phenols is 1. The van der Waals surface area contributed by atoms with Gasteiger partial charge in [-0.05, 0) is 38.1 Å². The molecule has 0 aromatic heterocycles. The highest BCUT2D eigenvalue weighted by atomic mass is 16.6. The molecule has 0 radical (unpaired) electrons. The number of nitrogens with zero attached hydrogens (tertiary/aromatic N) is 2. The quantitative estimate of drug-likeness (QED) is 0.604. The first kappa shape index (κ1) is 18.6. The first-order valence-corrected chi connectivity index (χ1v) is 8.91. The van der Waals surface area contributed by atoms with Crippen molar-refractivity contribution in [1.29, 1.82) is 0 Å². The zero-order valence-electron chi connectivity index (χ0n) is 15.4. The molecule has 3 rings (SSSR count). The number of phenolic OH excluding ortho intramolecular Hbond substituents is 1. The first-order chi connectivity index (χ1) is 13.1. The molecule has 0 spiro atoms. The van der Waals surface area contributed by atoms with Gasteiger partial charge in [0.2, 0.25) is 6.10 Å². The maximum absolute atomic E-state index is 12.2. The number of fused-ring (bicyclic) bond motifs is 1. The van der Waals surface area contributed by atoms with Gasteiger partial charge in [-0.15, -0.1) is 0 Å². The van der Waals surface area contributed by atoms with Crippen molar-refractivity contribution in [3.63, 3.8) is 0 Å². The molecule has 1 atom stereocenters. The van der Waals surface area contributed by atoms with E-state index in [0.29, 0.717) is 17.1 Å². The normalized spacial score (nSPS) is 15.6. The number of amides is 1. The Morgan fingerprint density at radius 1 is 1.26 bits per heavy atom. The molecule has 2 aromatic rings. The predicted octanol–water partition coefficient (Wildman–Crippen LogP) is 2.53. The number of benzene rings is 2. The molecule has 7 heteroatoms. The number of hydrogen-bond acceptors (Lipinski definition) is 6. The largest absolute Gasteiger partial charge is 0.507 e. The van der Waals surface area contributed by atoms with Crippen LogP contribution >= 0.6 is 0 Å². The van der Waals surface area contributed by atoms with Crippen LogP contribution in [0, 0.1) is 0 Å². The van der Waals surface area contributed by atoms with Gasteiger partial charge in [0, 0.05) is 30.4 Å². The van der Waals surface area contributed by atoms with Gasteiger partial charge >= 0.3 is 0 Å². The van der Waals surface area contributed by atoms with Gasteiger partial charge in [0.05, 0.1) is 6.21 Å². The number of rotatable bonds is 6. The van der Waals surface area contributed by atoms with E-state index in [1.165, 1.54) is 6.21 Å². The van der Waals surface area contributed by atoms with Crippen molar-refractivity contribution in [3.8, 4) is 17.2 Å². The van der Waals surface area contributed by atoms with Gasteiger partial charge in [0.25, 0.3) is 5.91 Å². The summed E-state index contributed by atoms with van der Waals surface area (Å²) in [6, 6.07) is 12.5. The van der Waals surface area contributed by atoms with E-state index >= 15 is 0 Å². The SMILES string of the molecule is CCN(CC)c1ccc(/C=N\NC(=O)[C@@H]2COc3ccccc3O2)c(O)c1. The molecule has 1 heterocycles. The van der Waals surface area contributed by atoms with Crippen molar-refractivity contribution in [2.75, 3.05) is 24.6 Å². The van der Waals surface area contributed by atoms with Crippen LogP contribution < -0.4 is 19.8 Å². The topological polar surface area (TPSA) is 83.4 Å². The van der Waals surface area contributed by atoms with Gasteiger partial charge < -0.3 is 19.5 Å². The van der Waals surface area contributed by atoms with Crippen LogP contribution in [0.4, 0.5) is 5.69 Å². The Bertz CT molecular complexity index is 834. The molecule has 0 fully saturated rings. The lowest BCUT2D eigenvalue weighted by atomic mass is 10.2. The summed E-state index contributed by atoms with van der Waals surface area (Å²) in [6.45, 7) is 5.93. The van der Waals surface area contributed by atoms with E-state index in [1.54, 1.807) is 24.3 Å². The number of aromatic hydroxyl groups is 1. The van der Waals surface area contributed by atoms with E-state index in [2.05, 4.69) is 29.3 Å². The van der Waals surface area contributed by atoms with Crippen LogP contribution in [-0.4, -0.2) is 43.0 Å². The minimum Gasteiger partial charge on any atom is -0.507 e. The second-order valence-electron chi connectivity index (χ2n) is 6.01. The van der Waals surface area contributed by atoms with E-state index < -0.39 is 12.0 Å². The van der Waals surface area contributed by atoms with Crippen LogP contribution in [0.2, 0.25) is 0 Å². The number of ether oxygens (including phenoxy) is 2. The smallest absolute Gasteiger partial charge is 0.284 e. The molecular weight excluding hydrogens is 346 g/mol. The maximum Gasteiger partial charge on any atom is 0.284 e. The van der Waals surface area contributed by atoms with Crippen molar-refractivity contribution in [2.45, 2.75) is 20.0 Å². The summed E-state index contributed by atoms with van der Waals surface area (Å²) in [5, 5.41) is 14.1. The Morgan fingerprint density at radius 2 is 2.00 bits per heavy atom. The van der Waals surface area contributed by atoms with Crippen molar-refractivity contribution in [3.05, 3.63) is 48.0 Å². The van der Waals surface area contributed by atoms with E-state index in [1.807, 2.05) is 18.2 Å². The highest BCUT2D eigenvalue weighted by molar-refractivity contribution is 5.87. The summed E-state index contributed by atoms with van der Waals surface area (Å²) in [5.41, 5.74) is 3.87. The molecule has 0 saturated heterocycles. The highest BCUT2D eigenvalue weighted by Crippen LogP contribution is 2.30. The van der Waals surface area contributed by atoms with Crippen LogP contribution in [0.25, 0.3) is 0 Å². The van der Waals surface area contributed by atoms with Gasteiger partial charge in [-0.3, -0.25) is 4.79 Å².